The number of hydrogen-bond acceptors (Lipinski definition) is 4. The lowest BCUT2D eigenvalue weighted by Crippen LogP contribution is -2.43. The Bertz CT molecular complexity index is 598. The number of amides is 1. The third kappa shape index (κ3) is 3.24. The van der Waals surface area contributed by atoms with Gasteiger partial charge < -0.3 is 9.47 Å². The van der Waals surface area contributed by atoms with Crippen LogP contribution in [-0.4, -0.2) is 41.1 Å². The Morgan fingerprint density at radius 1 is 1.30 bits per heavy atom. The molecule has 1 amide bonds. The van der Waals surface area contributed by atoms with Crippen molar-refractivity contribution in [1.82, 2.24) is 4.90 Å². The predicted octanol–water partition coefficient (Wildman–Crippen LogP) is 2.78. The molecule has 0 spiro atoms. The van der Waals surface area contributed by atoms with Crippen LogP contribution in [0.15, 0.2) is 30.3 Å². The van der Waals surface area contributed by atoms with E-state index in [4.69, 9.17) is 9.47 Å². The molecule has 2 heterocycles. The molecule has 0 saturated carbocycles. The molecule has 0 aromatic heterocycles. The largest absolute Gasteiger partial charge is 0.445 e. The fraction of sp³-hybridized carbons (Fsp3) is 0.556. The molecule has 0 bridgehead atoms. The number of rotatable bonds is 3. The summed E-state index contributed by atoms with van der Waals surface area (Å²) in [6.45, 7) is 6.23. The van der Waals surface area contributed by atoms with Gasteiger partial charge in [0.15, 0.2) is 5.78 Å². The normalized spacial score (nSPS) is 28.5. The van der Waals surface area contributed by atoms with Gasteiger partial charge in [0, 0.05) is 5.92 Å². The van der Waals surface area contributed by atoms with E-state index in [1.165, 1.54) is 11.8 Å². The second kappa shape index (κ2) is 5.96. The van der Waals surface area contributed by atoms with Gasteiger partial charge in [-0.05, 0) is 32.8 Å². The highest BCUT2D eigenvalue weighted by Gasteiger charge is 2.54. The lowest BCUT2D eigenvalue weighted by Gasteiger charge is -2.27. The van der Waals surface area contributed by atoms with Crippen LogP contribution >= 0.6 is 0 Å². The smallest absolute Gasteiger partial charge is 0.410 e. The maximum Gasteiger partial charge on any atom is 0.410 e. The van der Waals surface area contributed by atoms with Crippen LogP contribution in [0, 0.1) is 5.92 Å². The Hall–Kier alpha value is -1.88. The van der Waals surface area contributed by atoms with E-state index in [2.05, 4.69) is 0 Å². The number of Topliss-reactive ketones (excluding diaryl/α,β-unsaturated/α-hetero) is 1. The van der Waals surface area contributed by atoms with Crippen LogP contribution in [0.3, 0.4) is 0 Å². The van der Waals surface area contributed by atoms with Crippen molar-refractivity contribution in [1.29, 1.82) is 0 Å². The molecule has 0 aliphatic carbocycles. The van der Waals surface area contributed by atoms with E-state index in [0.29, 0.717) is 6.54 Å². The van der Waals surface area contributed by atoms with E-state index in [9.17, 15) is 9.59 Å². The number of ether oxygens (including phenoxy) is 2. The van der Waals surface area contributed by atoms with Crippen LogP contribution < -0.4 is 0 Å². The van der Waals surface area contributed by atoms with Gasteiger partial charge in [0.2, 0.25) is 0 Å². The van der Waals surface area contributed by atoms with Crippen molar-refractivity contribution in [3.63, 3.8) is 0 Å². The Kier molecular flexibility index (Phi) is 4.15. The van der Waals surface area contributed by atoms with Crippen molar-refractivity contribution >= 4 is 11.9 Å². The lowest BCUT2D eigenvalue weighted by atomic mass is 9.89. The van der Waals surface area contributed by atoms with E-state index in [0.717, 1.165) is 12.0 Å². The molecule has 1 aromatic rings. The van der Waals surface area contributed by atoms with Gasteiger partial charge in [-0.15, -0.1) is 0 Å². The minimum atomic E-state index is -0.440. The lowest BCUT2D eigenvalue weighted by molar-refractivity contribution is -0.122. The molecule has 124 valence electrons. The highest BCUT2D eigenvalue weighted by atomic mass is 16.6. The van der Waals surface area contributed by atoms with E-state index in [-0.39, 0.29) is 30.0 Å². The van der Waals surface area contributed by atoms with E-state index in [1.807, 2.05) is 44.2 Å². The zero-order chi connectivity index (χ0) is 16.6. The van der Waals surface area contributed by atoms with Crippen molar-refractivity contribution in [2.45, 2.75) is 51.5 Å². The zero-order valence-electron chi connectivity index (χ0n) is 13.8. The third-order valence-corrected chi connectivity index (χ3v) is 4.65. The number of fused-ring (bicyclic) bond motifs is 1. The topological polar surface area (TPSA) is 55.8 Å². The first-order valence-corrected chi connectivity index (χ1v) is 8.03. The highest BCUT2D eigenvalue weighted by molar-refractivity contribution is 5.86. The molecule has 1 aromatic carbocycles. The second-order valence-corrected chi connectivity index (χ2v) is 7.03. The number of nitrogens with zero attached hydrogens (tertiary/aromatic N) is 1. The van der Waals surface area contributed by atoms with Gasteiger partial charge in [0.1, 0.15) is 6.61 Å². The third-order valence-electron chi connectivity index (χ3n) is 4.65. The van der Waals surface area contributed by atoms with Gasteiger partial charge in [0.25, 0.3) is 0 Å². The number of carbonyl (C=O) groups is 2. The monoisotopic (exact) mass is 317 g/mol. The molecule has 0 radical (unpaired) electrons. The van der Waals surface area contributed by atoms with Crippen LogP contribution in [0.4, 0.5) is 4.79 Å². The molecule has 3 atom stereocenters. The number of hydrogen-bond donors (Lipinski definition) is 0. The molecule has 5 heteroatoms. The van der Waals surface area contributed by atoms with Crippen molar-refractivity contribution in [2.75, 3.05) is 6.54 Å². The van der Waals surface area contributed by atoms with Gasteiger partial charge in [-0.3, -0.25) is 9.69 Å². The fourth-order valence-electron chi connectivity index (χ4n) is 3.78. The summed E-state index contributed by atoms with van der Waals surface area (Å²) < 4.78 is 11.4. The molecule has 23 heavy (non-hydrogen) atoms. The van der Waals surface area contributed by atoms with Gasteiger partial charge in [-0.1, -0.05) is 30.3 Å². The first-order valence-electron chi connectivity index (χ1n) is 8.03. The molecule has 3 rings (SSSR count). The predicted molar refractivity (Wildman–Crippen MR) is 84.9 cm³/mol. The summed E-state index contributed by atoms with van der Waals surface area (Å²) in [7, 11) is 0. The molecule has 3 unspecified atom stereocenters. The summed E-state index contributed by atoms with van der Waals surface area (Å²) in [5.74, 6) is 0.0576. The van der Waals surface area contributed by atoms with E-state index in [1.54, 1.807) is 0 Å². The summed E-state index contributed by atoms with van der Waals surface area (Å²) in [5.41, 5.74) is 0.695. The Balaban J connectivity index is 1.67. The van der Waals surface area contributed by atoms with Gasteiger partial charge in [-0.25, -0.2) is 4.79 Å². The molecule has 2 saturated heterocycles. The number of ketones is 1. The van der Waals surface area contributed by atoms with Gasteiger partial charge in [0.05, 0.1) is 24.3 Å². The van der Waals surface area contributed by atoms with Gasteiger partial charge in [-0.2, -0.15) is 0 Å². The Labute approximate surface area is 136 Å². The van der Waals surface area contributed by atoms with Crippen molar-refractivity contribution < 1.29 is 19.1 Å². The fourth-order valence-corrected chi connectivity index (χ4v) is 3.78. The summed E-state index contributed by atoms with van der Waals surface area (Å²) >= 11 is 0. The van der Waals surface area contributed by atoms with Crippen LogP contribution in [0.2, 0.25) is 0 Å². The number of likely N-dealkylation sites (tertiary alicyclic amines) is 1. The molecule has 2 aliphatic rings. The van der Waals surface area contributed by atoms with Crippen LogP contribution in [0.25, 0.3) is 0 Å². The molecular formula is C18H23NO4. The van der Waals surface area contributed by atoms with E-state index >= 15 is 0 Å². The van der Waals surface area contributed by atoms with Crippen LogP contribution in [0.5, 0.6) is 0 Å². The molecule has 5 nitrogen and oxygen atoms in total. The number of carbonyl (C=O) groups excluding carboxylic acids is 2. The molecule has 2 fully saturated rings. The zero-order valence-corrected chi connectivity index (χ0v) is 13.8. The summed E-state index contributed by atoms with van der Waals surface area (Å²) in [5, 5.41) is 0. The average Bonchev–Trinajstić information content (AvgIpc) is 2.97. The first-order chi connectivity index (χ1) is 10.9. The van der Waals surface area contributed by atoms with Gasteiger partial charge >= 0.3 is 6.09 Å². The maximum atomic E-state index is 12.4. The summed E-state index contributed by atoms with van der Waals surface area (Å²) in [6.07, 6.45) is 0.262. The summed E-state index contributed by atoms with van der Waals surface area (Å²) in [4.78, 5) is 26.0. The minimum absolute atomic E-state index is 0.00420. The van der Waals surface area contributed by atoms with Crippen LogP contribution in [-0.2, 0) is 20.9 Å². The maximum absolute atomic E-state index is 12.4. The van der Waals surface area contributed by atoms with E-state index < -0.39 is 12.1 Å². The first kappa shape index (κ1) is 16.0. The highest BCUT2D eigenvalue weighted by Crippen LogP contribution is 2.43. The molecule has 2 aliphatic heterocycles. The summed E-state index contributed by atoms with van der Waals surface area (Å²) in [6, 6.07) is 9.08. The SMILES string of the molecule is CC(=O)C1C2CC(C)(C)OC2CN1C(=O)OCc1ccccc1. The quantitative estimate of drug-likeness (QED) is 0.860. The second-order valence-electron chi connectivity index (χ2n) is 7.03. The molecule has 0 N–H and O–H groups in total. The van der Waals surface area contributed by atoms with Crippen molar-refractivity contribution in [3.05, 3.63) is 35.9 Å². The average molecular weight is 317 g/mol. The minimum Gasteiger partial charge on any atom is -0.445 e. The Morgan fingerprint density at radius 2 is 2.00 bits per heavy atom. The Morgan fingerprint density at radius 3 is 2.65 bits per heavy atom. The molecular weight excluding hydrogens is 294 g/mol. The van der Waals surface area contributed by atoms with Crippen molar-refractivity contribution in [2.24, 2.45) is 5.92 Å². The van der Waals surface area contributed by atoms with Crippen molar-refractivity contribution in [3.8, 4) is 0 Å². The number of benzene rings is 1. The van der Waals surface area contributed by atoms with Crippen LogP contribution in [0.1, 0.15) is 32.8 Å². The standard InChI is InChI=1S/C18H23NO4/c1-12(20)16-14-9-18(2,3)23-15(14)10-19(16)17(21)22-11-13-7-5-4-6-8-13/h4-8,14-16H,9-11H2,1-3H3.